The van der Waals surface area contributed by atoms with Crippen molar-refractivity contribution in [2.75, 3.05) is 5.33 Å². The first kappa shape index (κ1) is 14.8. The molecule has 0 N–H and O–H groups in total. The van der Waals surface area contributed by atoms with Crippen molar-refractivity contribution in [1.82, 2.24) is 0 Å². The molecule has 0 heterocycles. The third kappa shape index (κ3) is 3.47. The number of unbranched alkanes of at least 4 members (excludes halogenated alkanes) is 1. The molecule has 1 saturated carbocycles. The van der Waals surface area contributed by atoms with E-state index in [-0.39, 0.29) is 5.41 Å². The minimum Gasteiger partial charge on any atom is -0.299 e. The van der Waals surface area contributed by atoms with Crippen LogP contribution in [0.5, 0.6) is 0 Å². The molecule has 104 valence electrons. The fourth-order valence-corrected chi connectivity index (χ4v) is 3.66. The topological polar surface area (TPSA) is 17.1 Å². The van der Waals surface area contributed by atoms with Crippen LogP contribution in [-0.2, 0) is 10.2 Å². The van der Waals surface area contributed by atoms with Crippen molar-refractivity contribution in [3.63, 3.8) is 0 Å². The number of benzene rings is 1. The molecular formula is C17H23BrO. The quantitative estimate of drug-likeness (QED) is 0.530. The van der Waals surface area contributed by atoms with Gasteiger partial charge in [-0.15, -0.1) is 0 Å². The van der Waals surface area contributed by atoms with E-state index in [9.17, 15) is 4.79 Å². The van der Waals surface area contributed by atoms with Gasteiger partial charge in [0, 0.05) is 11.8 Å². The number of carbonyl (C=O) groups is 1. The number of halogens is 1. The molecule has 0 aliphatic heterocycles. The third-order valence-electron chi connectivity index (χ3n) is 4.35. The number of alkyl halides is 1. The molecule has 0 aromatic heterocycles. The summed E-state index contributed by atoms with van der Waals surface area (Å²) in [6.07, 6.45) is 8.60. The molecule has 0 bridgehead atoms. The summed E-state index contributed by atoms with van der Waals surface area (Å²) in [5, 5.41) is 0.999. The van der Waals surface area contributed by atoms with Crippen LogP contribution in [-0.4, -0.2) is 11.1 Å². The lowest BCUT2D eigenvalue weighted by atomic mass is 9.66. The Morgan fingerprint density at radius 1 is 1.05 bits per heavy atom. The third-order valence-corrected chi connectivity index (χ3v) is 4.92. The van der Waals surface area contributed by atoms with Gasteiger partial charge in [0.25, 0.3) is 0 Å². The monoisotopic (exact) mass is 322 g/mol. The van der Waals surface area contributed by atoms with Gasteiger partial charge in [0.15, 0.2) is 0 Å². The average molecular weight is 323 g/mol. The Labute approximate surface area is 124 Å². The maximum Gasteiger partial charge on any atom is 0.143 e. The molecule has 2 heteroatoms. The van der Waals surface area contributed by atoms with E-state index in [1.165, 1.54) is 24.8 Å². The molecule has 1 aromatic rings. The lowest BCUT2D eigenvalue weighted by molar-refractivity contribution is -0.126. The van der Waals surface area contributed by atoms with Crippen molar-refractivity contribution in [2.24, 2.45) is 0 Å². The highest BCUT2D eigenvalue weighted by molar-refractivity contribution is 9.09. The van der Waals surface area contributed by atoms with Gasteiger partial charge in [0.2, 0.25) is 0 Å². The van der Waals surface area contributed by atoms with Crippen LogP contribution in [0.2, 0.25) is 0 Å². The normalized spacial score (nSPS) is 18.2. The van der Waals surface area contributed by atoms with Gasteiger partial charge in [0.05, 0.1) is 5.41 Å². The molecule has 0 saturated heterocycles. The van der Waals surface area contributed by atoms with E-state index in [2.05, 4.69) is 40.2 Å². The molecule has 0 unspecified atom stereocenters. The lowest BCUT2D eigenvalue weighted by Gasteiger charge is -2.36. The van der Waals surface area contributed by atoms with Crippen LogP contribution in [0.25, 0.3) is 0 Å². The number of rotatable bonds is 6. The SMILES string of the molecule is O=C(CCCCBr)C1(c2ccccc2)CCCCC1. The zero-order chi connectivity index (χ0) is 13.6. The Kier molecular flexibility index (Phi) is 5.62. The van der Waals surface area contributed by atoms with Crippen molar-refractivity contribution in [3.8, 4) is 0 Å². The Morgan fingerprint density at radius 3 is 2.37 bits per heavy atom. The van der Waals surface area contributed by atoms with E-state index in [1.807, 2.05) is 6.07 Å². The zero-order valence-electron chi connectivity index (χ0n) is 11.5. The molecule has 1 nitrogen and oxygen atoms in total. The van der Waals surface area contributed by atoms with E-state index in [1.54, 1.807) is 0 Å². The molecule has 0 atom stereocenters. The van der Waals surface area contributed by atoms with E-state index in [4.69, 9.17) is 0 Å². The highest BCUT2D eigenvalue weighted by atomic mass is 79.9. The van der Waals surface area contributed by atoms with E-state index >= 15 is 0 Å². The Morgan fingerprint density at radius 2 is 1.74 bits per heavy atom. The summed E-state index contributed by atoms with van der Waals surface area (Å²) in [5.41, 5.74) is 1.07. The maximum absolute atomic E-state index is 12.8. The Bertz CT molecular complexity index is 393. The number of ketones is 1. The predicted octanol–water partition coefficient (Wildman–Crippen LogP) is 5.02. The first-order valence-corrected chi connectivity index (χ1v) is 8.56. The van der Waals surface area contributed by atoms with Crippen molar-refractivity contribution < 1.29 is 4.79 Å². The summed E-state index contributed by atoms with van der Waals surface area (Å²) in [6.45, 7) is 0. The van der Waals surface area contributed by atoms with Gasteiger partial charge in [-0.2, -0.15) is 0 Å². The second-order valence-electron chi connectivity index (χ2n) is 5.58. The maximum atomic E-state index is 12.8. The molecule has 0 spiro atoms. The second kappa shape index (κ2) is 7.23. The molecular weight excluding hydrogens is 300 g/mol. The lowest BCUT2D eigenvalue weighted by Crippen LogP contribution is -2.37. The van der Waals surface area contributed by atoms with E-state index in [0.717, 1.165) is 37.4 Å². The number of carbonyl (C=O) groups excluding carboxylic acids is 1. The standard InChI is InChI=1S/C17H23BrO/c18-14-8-5-11-16(19)17(12-6-2-7-13-17)15-9-3-1-4-10-15/h1,3-4,9-10H,2,5-8,11-14H2. The van der Waals surface area contributed by atoms with Gasteiger partial charge in [-0.3, -0.25) is 4.79 Å². The summed E-state index contributed by atoms with van der Waals surface area (Å²) in [5.74, 6) is 0.472. The van der Waals surface area contributed by atoms with Gasteiger partial charge in [-0.1, -0.05) is 65.5 Å². The van der Waals surface area contributed by atoms with Crippen LogP contribution >= 0.6 is 15.9 Å². The van der Waals surface area contributed by atoms with Crippen molar-refractivity contribution in [3.05, 3.63) is 35.9 Å². The van der Waals surface area contributed by atoms with Crippen LogP contribution in [0.4, 0.5) is 0 Å². The van der Waals surface area contributed by atoms with Crippen molar-refractivity contribution in [1.29, 1.82) is 0 Å². The largest absolute Gasteiger partial charge is 0.299 e. The predicted molar refractivity (Wildman–Crippen MR) is 83.9 cm³/mol. The molecule has 0 amide bonds. The van der Waals surface area contributed by atoms with Crippen LogP contribution in [0.15, 0.2) is 30.3 Å². The van der Waals surface area contributed by atoms with E-state index in [0.29, 0.717) is 5.78 Å². The summed E-state index contributed by atoms with van der Waals surface area (Å²) in [7, 11) is 0. The molecule has 0 radical (unpaired) electrons. The molecule has 1 aliphatic rings. The van der Waals surface area contributed by atoms with Gasteiger partial charge in [-0.05, 0) is 31.2 Å². The fraction of sp³-hybridized carbons (Fsp3) is 0.588. The van der Waals surface area contributed by atoms with Gasteiger partial charge < -0.3 is 0 Å². The molecule has 19 heavy (non-hydrogen) atoms. The zero-order valence-corrected chi connectivity index (χ0v) is 13.1. The molecule has 1 fully saturated rings. The van der Waals surface area contributed by atoms with Crippen molar-refractivity contribution in [2.45, 2.75) is 56.8 Å². The number of hydrogen-bond acceptors (Lipinski definition) is 1. The van der Waals surface area contributed by atoms with Crippen molar-refractivity contribution >= 4 is 21.7 Å². The smallest absolute Gasteiger partial charge is 0.143 e. The second-order valence-corrected chi connectivity index (χ2v) is 6.37. The fourth-order valence-electron chi connectivity index (χ4n) is 3.26. The molecule has 1 aromatic carbocycles. The highest BCUT2D eigenvalue weighted by Gasteiger charge is 2.39. The summed E-state index contributed by atoms with van der Waals surface area (Å²) in [6, 6.07) is 10.5. The first-order valence-electron chi connectivity index (χ1n) is 7.44. The van der Waals surface area contributed by atoms with Gasteiger partial charge in [0.1, 0.15) is 5.78 Å². The van der Waals surface area contributed by atoms with E-state index < -0.39 is 0 Å². The van der Waals surface area contributed by atoms with Gasteiger partial charge >= 0.3 is 0 Å². The van der Waals surface area contributed by atoms with Crippen LogP contribution in [0.1, 0.15) is 56.9 Å². The van der Waals surface area contributed by atoms with Crippen LogP contribution < -0.4 is 0 Å². The highest BCUT2D eigenvalue weighted by Crippen LogP contribution is 2.41. The van der Waals surface area contributed by atoms with Gasteiger partial charge in [-0.25, -0.2) is 0 Å². The van der Waals surface area contributed by atoms with Crippen LogP contribution in [0, 0.1) is 0 Å². The number of hydrogen-bond donors (Lipinski definition) is 0. The molecule has 2 rings (SSSR count). The minimum absolute atomic E-state index is 0.175. The summed E-state index contributed by atoms with van der Waals surface area (Å²) < 4.78 is 0. The number of Topliss-reactive ketones (excluding diaryl/α,β-unsaturated/α-hetero) is 1. The Balaban J connectivity index is 2.17. The minimum atomic E-state index is -0.175. The first-order chi connectivity index (χ1) is 9.29. The summed E-state index contributed by atoms with van der Waals surface area (Å²) in [4.78, 5) is 12.8. The summed E-state index contributed by atoms with van der Waals surface area (Å²) >= 11 is 3.44. The van der Waals surface area contributed by atoms with Crippen LogP contribution in [0.3, 0.4) is 0 Å². The average Bonchev–Trinajstić information content (AvgIpc) is 2.49. The Hall–Kier alpha value is -0.630. The molecule has 1 aliphatic carbocycles.